The first-order valence-corrected chi connectivity index (χ1v) is 6.83. The number of aryl methyl sites for hydroxylation is 1. The molecule has 4 nitrogen and oxygen atoms in total. The molecule has 0 saturated heterocycles. The van der Waals surface area contributed by atoms with Gasteiger partial charge in [0.15, 0.2) is 0 Å². The minimum atomic E-state index is 0.654. The number of nitrogens with zero attached hydrogens (tertiary/aromatic N) is 2. The first kappa shape index (κ1) is 14.7. The Morgan fingerprint density at radius 2 is 2.17 bits per heavy atom. The summed E-state index contributed by atoms with van der Waals surface area (Å²) in [6, 6.07) is 0. The topological polar surface area (TPSA) is 47.0 Å². The number of rotatable bonds is 8. The van der Waals surface area contributed by atoms with Crippen LogP contribution in [0.15, 0.2) is 6.20 Å². The van der Waals surface area contributed by atoms with E-state index in [1.54, 1.807) is 0 Å². The molecular formula is C14H25N3O. The number of anilines is 1. The number of hydrogen-bond donors (Lipinski definition) is 1. The lowest BCUT2D eigenvalue weighted by Crippen LogP contribution is -2.08. The summed E-state index contributed by atoms with van der Waals surface area (Å²) in [5.41, 5.74) is 0.988. The largest absolute Gasteiger partial charge is 0.477 e. The van der Waals surface area contributed by atoms with E-state index >= 15 is 0 Å². The SMILES string of the molecule is CCCNc1ncc(C)c(OCCCC(C)C)n1. The first-order chi connectivity index (χ1) is 8.63. The Morgan fingerprint density at radius 3 is 2.83 bits per heavy atom. The quantitative estimate of drug-likeness (QED) is 0.719. The van der Waals surface area contributed by atoms with Gasteiger partial charge in [0, 0.05) is 18.3 Å². The molecule has 18 heavy (non-hydrogen) atoms. The Balaban J connectivity index is 2.47. The van der Waals surface area contributed by atoms with E-state index in [4.69, 9.17) is 4.74 Å². The second kappa shape index (κ2) is 7.90. The molecule has 0 amide bonds. The first-order valence-electron chi connectivity index (χ1n) is 6.83. The zero-order valence-corrected chi connectivity index (χ0v) is 12.0. The maximum atomic E-state index is 5.72. The van der Waals surface area contributed by atoms with E-state index in [9.17, 15) is 0 Å². The van der Waals surface area contributed by atoms with Gasteiger partial charge in [-0.25, -0.2) is 4.98 Å². The molecule has 1 N–H and O–H groups in total. The highest BCUT2D eigenvalue weighted by molar-refractivity contribution is 5.32. The second-order valence-corrected chi connectivity index (χ2v) is 4.99. The van der Waals surface area contributed by atoms with Crippen LogP contribution >= 0.6 is 0 Å². The van der Waals surface area contributed by atoms with Crippen LogP contribution in [0.2, 0.25) is 0 Å². The fourth-order valence-corrected chi connectivity index (χ4v) is 1.55. The summed E-state index contributed by atoms with van der Waals surface area (Å²) in [5.74, 6) is 2.08. The van der Waals surface area contributed by atoms with E-state index in [1.165, 1.54) is 6.42 Å². The predicted molar refractivity (Wildman–Crippen MR) is 75.1 cm³/mol. The number of aromatic nitrogens is 2. The van der Waals surface area contributed by atoms with Gasteiger partial charge in [0.1, 0.15) is 0 Å². The number of ether oxygens (including phenoxy) is 1. The Bertz CT molecular complexity index is 353. The van der Waals surface area contributed by atoms with E-state index in [1.807, 2.05) is 13.1 Å². The molecular weight excluding hydrogens is 226 g/mol. The molecule has 0 aliphatic rings. The van der Waals surface area contributed by atoms with E-state index in [-0.39, 0.29) is 0 Å². The van der Waals surface area contributed by atoms with Gasteiger partial charge >= 0.3 is 0 Å². The lowest BCUT2D eigenvalue weighted by atomic mass is 10.1. The highest BCUT2D eigenvalue weighted by atomic mass is 16.5. The van der Waals surface area contributed by atoms with Gasteiger partial charge in [-0.05, 0) is 32.1 Å². The van der Waals surface area contributed by atoms with Gasteiger partial charge in [0.2, 0.25) is 11.8 Å². The lowest BCUT2D eigenvalue weighted by molar-refractivity contribution is 0.285. The molecule has 102 valence electrons. The van der Waals surface area contributed by atoms with Crippen molar-refractivity contribution < 1.29 is 4.74 Å². The lowest BCUT2D eigenvalue weighted by Gasteiger charge is -2.10. The van der Waals surface area contributed by atoms with Crippen LogP contribution in [0.25, 0.3) is 0 Å². The van der Waals surface area contributed by atoms with Gasteiger partial charge in [-0.15, -0.1) is 0 Å². The molecule has 0 bridgehead atoms. The van der Waals surface area contributed by atoms with Crippen LogP contribution < -0.4 is 10.1 Å². The van der Waals surface area contributed by atoms with Crippen LogP contribution in [0.5, 0.6) is 5.88 Å². The average Bonchev–Trinajstić information content (AvgIpc) is 2.34. The van der Waals surface area contributed by atoms with Crippen molar-refractivity contribution in [2.75, 3.05) is 18.5 Å². The van der Waals surface area contributed by atoms with Crippen LogP contribution in [0, 0.1) is 12.8 Å². The minimum absolute atomic E-state index is 0.654. The molecule has 0 aliphatic heterocycles. The molecule has 0 atom stereocenters. The molecule has 0 fully saturated rings. The van der Waals surface area contributed by atoms with Crippen LogP contribution in [-0.2, 0) is 0 Å². The van der Waals surface area contributed by atoms with Crippen molar-refractivity contribution in [3.8, 4) is 5.88 Å². The third kappa shape index (κ3) is 5.34. The molecule has 0 radical (unpaired) electrons. The molecule has 1 aromatic rings. The summed E-state index contributed by atoms with van der Waals surface area (Å²) in [5, 5.41) is 3.17. The normalized spacial score (nSPS) is 10.7. The summed E-state index contributed by atoms with van der Waals surface area (Å²) in [6.07, 6.45) is 5.12. The van der Waals surface area contributed by atoms with Crippen molar-refractivity contribution in [3.05, 3.63) is 11.8 Å². The van der Waals surface area contributed by atoms with Gasteiger partial charge in [-0.3, -0.25) is 0 Å². The van der Waals surface area contributed by atoms with E-state index in [0.29, 0.717) is 11.8 Å². The highest BCUT2D eigenvalue weighted by Crippen LogP contribution is 2.16. The van der Waals surface area contributed by atoms with Crippen LogP contribution in [0.4, 0.5) is 5.95 Å². The Hall–Kier alpha value is -1.32. The van der Waals surface area contributed by atoms with Crippen molar-refractivity contribution in [3.63, 3.8) is 0 Å². The molecule has 1 heterocycles. The Labute approximate surface area is 110 Å². The Morgan fingerprint density at radius 1 is 1.39 bits per heavy atom. The van der Waals surface area contributed by atoms with Crippen molar-refractivity contribution in [1.82, 2.24) is 9.97 Å². The van der Waals surface area contributed by atoms with Crippen molar-refractivity contribution in [2.45, 2.75) is 47.0 Å². The molecule has 0 saturated carbocycles. The second-order valence-electron chi connectivity index (χ2n) is 4.99. The summed E-state index contributed by atoms with van der Waals surface area (Å²) >= 11 is 0. The summed E-state index contributed by atoms with van der Waals surface area (Å²) in [7, 11) is 0. The van der Waals surface area contributed by atoms with Crippen LogP contribution in [-0.4, -0.2) is 23.1 Å². The van der Waals surface area contributed by atoms with Gasteiger partial charge in [0.25, 0.3) is 0 Å². The molecule has 1 rings (SSSR count). The van der Waals surface area contributed by atoms with Gasteiger partial charge in [0.05, 0.1) is 6.61 Å². The Kier molecular flexibility index (Phi) is 6.47. The third-order valence-corrected chi connectivity index (χ3v) is 2.62. The smallest absolute Gasteiger partial charge is 0.225 e. The summed E-state index contributed by atoms with van der Waals surface area (Å²) in [6.45, 7) is 10.1. The van der Waals surface area contributed by atoms with E-state index < -0.39 is 0 Å². The molecule has 0 spiro atoms. The predicted octanol–water partition coefficient (Wildman–Crippen LogP) is 3.42. The maximum absolute atomic E-state index is 5.72. The maximum Gasteiger partial charge on any atom is 0.225 e. The molecule has 4 heteroatoms. The van der Waals surface area contributed by atoms with Crippen molar-refractivity contribution in [2.24, 2.45) is 5.92 Å². The monoisotopic (exact) mass is 251 g/mol. The fourth-order valence-electron chi connectivity index (χ4n) is 1.55. The standard InChI is InChI=1S/C14H25N3O/c1-5-8-15-14-16-10-12(4)13(17-14)18-9-6-7-11(2)3/h10-11H,5-9H2,1-4H3,(H,15,16,17). The number of nitrogens with one attached hydrogen (secondary N) is 1. The highest BCUT2D eigenvalue weighted by Gasteiger charge is 2.04. The van der Waals surface area contributed by atoms with Crippen LogP contribution in [0.1, 0.15) is 45.6 Å². The number of hydrogen-bond acceptors (Lipinski definition) is 4. The van der Waals surface area contributed by atoms with E-state index in [0.717, 1.165) is 37.5 Å². The van der Waals surface area contributed by atoms with Gasteiger partial charge in [-0.2, -0.15) is 4.98 Å². The third-order valence-electron chi connectivity index (χ3n) is 2.62. The zero-order valence-electron chi connectivity index (χ0n) is 12.0. The zero-order chi connectivity index (χ0) is 13.4. The van der Waals surface area contributed by atoms with Gasteiger partial charge < -0.3 is 10.1 Å². The molecule has 0 aromatic carbocycles. The minimum Gasteiger partial charge on any atom is -0.477 e. The molecule has 0 unspecified atom stereocenters. The molecule has 1 aromatic heterocycles. The van der Waals surface area contributed by atoms with Gasteiger partial charge in [-0.1, -0.05) is 20.8 Å². The summed E-state index contributed by atoms with van der Waals surface area (Å²) < 4.78 is 5.72. The van der Waals surface area contributed by atoms with E-state index in [2.05, 4.69) is 36.1 Å². The summed E-state index contributed by atoms with van der Waals surface area (Å²) in [4.78, 5) is 8.61. The van der Waals surface area contributed by atoms with Crippen LogP contribution in [0.3, 0.4) is 0 Å². The molecule has 0 aliphatic carbocycles. The van der Waals surface area contributed by atoms with Crippen molar-refractivity contribution in [1.29, 1.82) is 0 Å². The fraction of sp³-hybridized carbons (Fsp3) is 0.714. The average molecular weight is 251 g/mol. The van der Waals surface area contributed by atoms with Crippen molar-refractivity contribution >= 4 is 5.95 Å².